The van der Waals surface area contributed by atoms with E-state index >= 15 is 0 Å². The molecule has 0 amide bonds. The zero-order valence-corrected chi connectivity index (χ0v) is 47.9. The molecule has 1 aromatic heterocycles. The number of carbonyl (C=O) groups is 4. The van der Waals surface area contributed by atoms with Crippen LogP contribution in [0, 0.1) is 21.7 Å². The van der Waals surface area contributed by atoms with E-state index in [2.05, 4.69) is 4.98 Å². The van der Waals surface area contributed by atoms with Gasteiger partial charge in [-0.15, -0.1) is 0 Å². The number of methoxy groups -OCH3 is 1. The SMILES string of the molecule is CCC(C)(C)C(=O)OCCSSCCOC(=O)C(C)(CC(C)(C)C(=O)OCCSSc1ccccn1)CC(C)(CC)C(=O)OCCOCCOCCOCCOCCOCCOCCOCCOCCOC. The molecule has 18 nitrogen and oxygen atoms in total. The monoisotopic (exact) mass is 1100 g/mol. The zero-order valence-electron chi connectivity index (χ0n) is 44.6. The number of pyridine rings is 1. The van der Waals surface area contributed by atoms with Crippen LogP contribution in [-0.4, -0.2) is 192 Å². The second kappa shape index (κ2) is 42.2. The van der Waals surface area contributed by atoms with E-state index in [-0.39, 0.29) is 51.8 Å². The molecule has 0 aliphatic heterocycles. The molecule has 1 aromatic rings. The molecular weight excluding hydrogens is 1010 g/mol. The lowest BCUT2D eigenvalue weighted by molar-refractivity contribution is -0.169. The van der Waals surface area contributed by atoms with E-state index in [1.165, 1.54) is 43.2 Å². The number of nitrogens with zero attached hydrogens (tertiary/aromatic N) is 1. The lowest BCUT2D eigenvalue weighted by Crippen LogP contribution is -2.44. The van der Waals surface area contributed by atoms with E-state index in [0.29, 0.717) is 136 Å². The van der Waals surface area contributed by atoms with E-state index in [1.54, 1.807) is 41.0 Å². The largest absolute Gasteiger partial charge is 0.464 e. The summed E-state index contributed by atoms with van der Waals surface area (Å²) in [5.41, 5.74) is -3.97. The summed E-state index contributed by atoms with van der Waals surface area (Å²) in [5, 5.41) is 0.858. The van der Waals surface area contributed by atoms with Crippen LogP contribution < -0.4 is 0 Å². The fourth-order valence-corrected chi connectivity index (χ4v) is 9.80. The summed E-state index contributed by atoms with van der Waals surface area (Å²) in [7, 11) is 7.68. The normalized spacial score (nSPS) is 13.6. The fraction of sp³-hybridized carbons (Fsp3) is 0.820. The van der Waals surface area contributed by atoms with Crippen LogP contribution in [0.3, 0.4) is 0 Å². The molecule has 0 aromatic carbocycles. The Bertz CT molecular complexity index is 1550. The van der Waals surface area contributed by atoms with Gasteiger partial charge in [0.05, 0.1) is 134 Å². The van der Waals surface area contributed by atoms with Gasteiger partial charge < -0.3 is 61.6 Å². The molecule has 1 rings (SSSR count). The van der Waals surface area contributed by atoms with Crippen molar-refractivity contribution in [2.24, 2.45) is 21.7 Å². The van der Waals surface area contributed by atoms with Gasteiger partial charge in [-0.25, -0.2) is 4.98 Å². The first-order chi connectivity index (χ1) is 34.6. The van der Waals surface area contributed by atoms with E-state index in [4.69, 9.17) is 61.6 Å². The minimum absolute atomic E-state index is 0.0128. The predicted molar refractivity (Wildman–Crippen MR) is 283 cm³/mol. The summed E-state index contributed by atoms with van der Waals surface area (Å²) >= 11 is 0. The molecule has 22 heteroatoms. The Morgan fingerprint density at radius 3 is 1.21 bits per heavy atom. The Balaban J connectivity index is 2.45. The number of aromatic nitrogens is 1. The van der Waals surface area contributed by atoms with Crippen molar-refractivity contribution in [1.82, 2.24) is 4.98 Å². The summed E-state index contributed by atoms with van der Waals surface area (Å²) in [4.78, 5) is 57.9. The summed E-state index contributed by atoms with van der Waals surface area (Å²) < 4.78 is 71.6. The van der Waals surface area contributed by atoms with Crippen LogP contribution in [-0.2, 0) is 80.8 Å². The van der Waals surface area contributed by atoms with Crippen LogP contribution in [0.5, 0.6) is 0 Å². The summed E-state index contributed by atoms with van der Waals surface area (Å²) in [6.45, 7) is 22.6. The van der Waals surface area contributed by atoms with Crippen LogP contribution in [0.4, 0.5) is 0 Å². The van der Waals surface area contributed by atoms with Gasteiger partial charge in [0.15, 0.2) is 0 Å². The molecule has 0 bridgehead atoms. The fourth-order valence-electron chi connectivity index (χ4n) is 6.44. The molecule has 0 saturated heterocycles. The van der Waals surface area contributed by atoms with Crippen LogP contribution in [0.15, 0.2) is 29.4 Å². The molecule has 0 spiro atoms. The van der Waals surface area contributed by atoms with Gasteiger partial charge in [0.2, 0.25) is 0 Å². The van der Waals surface area contributed by atoms with Gasteiger partial charge in [0.1, 0.15) is 31.5 Å². The molecule has 0 aliphatic carbocycles. The third-order valence-electron chi connectivity index (χ3n) is 10.9. The average molecular weight is 1100 g/mol. The Labute approximate surface area is 445 Å². The zero-order chi connectivity index (χ0) is 53.2. The Kier molecular flexibility index (Phi) is 39.9. The molecule has 72 heavy (non-hydrogen) atoms. The molecule has 1 heterocycles. The Morgan fingerprint density at radius 2 is 0.806 bits per heavy atom. The van der Waals surface area contributed by atoms with Crippen molar-refractivity contribution >= 4 is 67.1 Å². The van der Waals surface area contributed by atoms with Crippen molar-refractivity contribution in [2.75, 3.05) is 163 Å². The standard InChI is InChI=1S/C50H87NO17S4/c1-10-47(3,4)43(52)66-34-37-69-70-38-35-68-46(55)50(8,40-48(5,6)44(53)67-36-39-71-72-42-14-12-13-15-51-42)41-49(7,11-2)45(54)65-33-32-64-31-30-63-29-28-62-27-26-61-25-24-60-23-22-59-21-20-58-19-18-57-17-16-56-9/h12-15H,10-11,16-41H2,1-9H3. The Hall–Kier alpha value is -1.93. The van der Waals surface area contributed by atoms with Gasteiger partial charge in [-0.1, -0.05) is 52.3 Å². The first-order valence-corrected chi connectivity index (χ1v) is 29.6. The smallest absolute Gasteiger partial charge is 0.311 e. The highest BCUT2D eigenvalue weighted by atomic mass is 33.1. The maximum absolute atomic E-state index is 14.1. The molecule has 0 radical (unpaired) electrons. The first kappa shape index (κ1) is 68.1. The van der Waals surface area contributed by atoms with Gasteiger partial charge in [-0.3, -0.25) is 19.2 Å². The lowest BCUT2D eigenvalue weighted by Gasteiger charge is -2.39. The van der Waals surface area contributed by atoms with Crippen molar-refractivity contribution < 1.29 is 80.8 Å². The molecule has 0 saturated carbocycles. The second-order valence-electron chi connectivity index (χ2n) is 18.1. The van der Waals surface area contributed by atoms with Crippen LogP contribution in [0.2, 0.25) is 0 Å². The van der Waals surface area contributed by atoms with Crippen molar-refractivity contribution in [3.8, 4) is 0 Å². The van der Waals surface area contributed by atoms with E-state index < -0.39 is 39.6 Å². The quantitative estimate of drug-likeness (QED) is 0.0264. The number of rotatable bonds is 49. The average Bonchev–Trinajstić information content (AvgIpc) is 3.36. The maximum atomic E-state index is 14.1. The van der Waals surface area contributed by atoms with Crippen molar-refractivity contribution in [1.29, 1.82) is 0 Å². The first-order valence-electron chi connectivity index (χ1n) is 24.8. The predicted octanol–water partition coefficient (Wildman–Crippen LogP) is 7.82. The lowest BCUT2D eigenvalue weighted by atomic mass is 9.65. The van der Waals surface area contributed by atoms with Crippen LogP contribution in [0.1, 0.15) is 81.1 Å². The number of hydrogen-bond acceptors (Lipinski definition) is 22. The van der Waals surface area contributed by atoms with E-state index in [1.807, 2.05) is 45.9 Å². The number of carbonyl (C=O) groups excluding carboxylic acids is 4. The molecule has 2 unspecified atom stereocenters. The van der Waals surface area contributed by atoms with Crippen molar-refractivity contribution in [3.05, 3.63) is 24.4 Å². The second-order valence-corrected chi connectivity index (χ2v) is 23.2. The molecule has 0 N–H and O–H groups in total. The van der Waals surface area contributed by atoms with Gasteiger partial charge in [-0.05, 0) is 90.2 Å². The highest BCUT2D eigenvalue weighted by Gasteiger charge is 2.50. The highest BCUT2D eigenvalue weighted by Crippen LogP contribution is 2.46. The molecule has 2 atom stereocenters. The van der Waals surface area contributed by atoms with Gasteiger partial charge >= 0.3 is 23.9 Å². The maximum Gasteiger partial charge on any atom is 0.311 e. The van der Waals surface area contributed by atoms with Crippen molar-refractivity contribution in [3.63, 3.8) is 0 Å². The van der Waals surface area contributed by atoms with E-state index in [0.717, 1.165) is 5.03 Å². The van der Waals surface area contributed by atoms with Crippen LogP contribution >= 0.6 is 43.2 Å². The molecular formula is C50H87NO17S4. The van der Waals surface area contributed by atoms with E-state index in [9.17, 15) is 19.2 Å². The summed E-state index contributed by atoms with van der Waals surface area (Å²) in [5.74, 6) is -0.0519. The highest BCUT2D eigenvalue weighted by molar-refractivity contribution is 8.77. The summed E-state index contributed by atoms with van der Waals surface area (Å²) in [6, 6.07) is 5.67. The molecule has 0 fully saturated rings. The van der Waals surface area contributed by atoms with Crippen LogP contribution in [0.25, 0.3) is 0 Å². The molecule has 0 aliphatic rings. The van der Waals surface area contributed by atoms with Gasteiger partial charge in [0.25, 0.3) is 0 Å². The third-order valence-corrected chi connectivity index (χ3v) is 15.5. The van der Waals surface area contributed by atoms with Gasteiger partial charge in [-0.2, -0.15) is 0 Å². The van der Waals surface area contributed by atoms with Gasteiger partial charge in [0, 0.05) is 30.6 Å². The Morgan fingerprint density at radius 1 is 0.431 bits per heavy atom. The summed E-state index contributed by atoms with van der Waals surface area (Å²) in [6.07, 6.45) is 2.92. The minimum atomic E-state index is -1.26. The molecule has 418 valence electrons. The number of esters is 4. The number of hydrogen-bond donors (Lipinski definition) is 0. The topological polar surface area (TPSA) is 201 Å². The third kappa shape index (κ3) is 33.2. The minimum Gasteiger partial charge on any atom is -0.464 e. The van der Waals surface area contributed by atoms with Crippen molar-refractivity contribution in [2.45, 2.75) is 86.1 Å². The number of ether oxygens (including phenoxy) is 13.